The van der Waals surface area contributed by atoms with E-state index in [2.05, 4.69) is 11.9 Å². The Labute approximate surface area is 120 Å². The van der Waals surface area contributed by atoms with Crippen LogP contribution in [0, 0.1) is 5.92 Å². The maximum atomic E-state index is 12.5. The Morgan fingerprint density at radius 2 is 1.85 bits per heavy atom. The Bertz CT molecular complexity index is 375. The summed E-state index contributed by atoms with van der Waals surface area (Å²) in [7, 11) is 3.92. The average Bonchev–Trinajstić information content (AvgIpc) is 2.45. The van der Waals surface area contributed by atoms with Gasteiger partial charge in [0.05, 0.1) is 5.92 Å². The zero-order chi connectivity index (χ0) is 14.7. The van der Waals surface area contributed by atoms with E-state index in [-0.39, 0.29) is 12.1 Å². The number of aliphatic carboxylic acids is 1. The average molecular weight is 283 g/mol. The molecule has 2 rings (SSSR count). The van der Waals surface area contributed by atoms with Gasteiger partial charge >= 0.3 is 12.0 Å². The lowest BCUT2D eigenvalue weighted by atomic mass is 9.98. The summed E-state index contributed by atoms with van der Waals surface area (Å²) in [6, 6.07) is 0.225. The van der Waals surface area contributed by atoms with E-state index in [9.17, 15) is 9.59 Å². The van der Waals surface area contributed by atoms with Gasteiger partial charge in [-0.15, -0.1) is 0 Å². The van der Waals surface area contributed by atoms with Gasteiger partial charge in [0.1, 0.15) is 0 Å². The highest BCUT2D eigenvalue weighted by Crippen LogP contribution is 2.20. The number of amides is 2. The van der Waals surface area contributed by atoms with Gasteiger partial charge in [-0.2, -0.15) is 0 Å². The molecule has 114 valence electrons. The fraction of sp³-hybridized carbons (Fsp3) is 0.857. The van der Waals surface area contributed by atoms with Crippen molar-refractivity contribution in [1.82, 2.24) is 14.7 Å². The van der Waals surface area contributed by atoms with E-state index in [1.807, 2.05) is 7.05 Å². The van der Waals surface area contributed by atoms with Crippen molar-refractivity contribution in [1.29, 1.82) is 0 Å². The lowest BCUT2D eigenvalue weighted by molar-refractivity contribution is -0.143. The van der Waals surface area contributed by atoms with Gasteiger partial charge in [0.25, 0.3) is 0 Å². The fourth-order valence-electron chi connectivity index (χ4n) is 3.19. The van der Waals surface area contributed by atoms with Crippen LogP contribution in [-0.4, -0.2) is 78.1 Å². The highest BCUT2D eigenvalue weighted by molar-refractivity contribution is 5.76. The van der Waals surface area contributed by atoms with Crippen molar-refractivity contribution >= 4 is 12.0 Å². The molecule has 2 aliphatic heterocycles. The van der Waals surface area contributed by atoms with Gasteiger partial charge in [-0.05, 0) is 39.3 Å². The Balaban J connectivity index is 1.93. The fourth-order valence-corrected chi connectivity index (χ4v) is 3.19. The van der Waals surface area contributed by atoms with Crippen LogP contribution in [0.5, 0.6) is 0 Å². The zero-order valence-electron chi connectivity index (χ0n) is 12.4. The number of carboxylic acids is 1. The largest absolute Gasteiger partial charge is 0.481 e. The predicted molar refractivity (Wildman–Crippen MR) is 75.6 cm³/mol. The number of rotatable bonds is 2. The number of carboxylic acid groups (broad SMARTS) is 1. The van der Waals surface area contributed by atoms with Crippen LogP contribution < -0.4 is 0 Å². The van der Waals surface area contributed by atoms with Crippen LogP contribution in [0.15, 0.2) is 0 Å². The lowest BCUT2D eigenvalue weighted by Crippen LogP contribution is -2.53. The summed E-state index contributed by atoms with van der Waals surface area (Å²) in [5.74, 6) is -1.20. The molecule has 2 amide bonds. The standard InChI is InChI=1S/C14H25N3O3/c1-15-7-4-6-12(10-15)16(2)14(20)17-8-3-5-11(9-17)13(18)19/h11-12H,3-10H2,1-2H3,(H,18,19)/t11-,12?/m1/s1. The monoisotopic (exact) mass is 283 g/mol. The molecule has 1 N–H and O–H groups in total. The van der Waals surface area contributed by atoms with Gasteiger partial charge in [-0.1, -0.05) is 0 Å². The number of hydrogen-bond acceptors (Lipinski definition) is 3. The summed E-state index contributed by atoms with van der Waals surface area (Å²) in [5, 5.41) is 9.10. The molecule has 0 aliphatic carbocycles. The molecule has 0 radical (unpaired) electrons. The van der Waals surface area contributed by atoms with Crippen molar-refractivity contribution in [2.75, 3.05) is 40.3 Å². The first-order valence-corrected chi connectivity index (χ1v) is 7.42. The summed E-state index contributed by atoms with van der Waals surface area (Å²) in [5.41, 5.74) is 0. The van der Waals surface area contributed by atoms with Gasteiger partial charge in [0, 0.05) is 32.7 Å². The minimum absolute atomic E-state index is 0.0174. The molecule has 0 aromatic heterocycles. The molecular formula is C14H25N3O3. The number of hydrogen-bond donors (Lipinski definition) is 1. The summed E-state index contributed by atoms with van der Waals surface area (Å²) in [4.78, 5) is 29.3. The van der Waals surface area contributed by atoms with Crippen LogP contribution in [-0.2, 0) is 4.79 Å². The molecule has 0 aromatic rings. The van der Waals surface area contributed by atoms with E-state index in [1.165, 1.54) is 0 Å². The van der Waals surface area contributed by atoms with Crippen LogP contribution in [0.25, 0.3) is 0 Å². The second-order valence-electron chi connectivity index (χ2n) is 6.08. The molecule has 2 saturated heterocycles. The van der Waals surface area contributed by atoms with Crippen molar-refractivity contribution in [2.45, 2.75) is 31.7 Å². The van der Waals surface area contributed by atoms with Crippen LogP contribution >= 0.6 is 0 Å². The molecule has 1 unspecified atom stereocenters. The van der Waals surface area contributed by atoms with Gasteiger partial charge in [-0.3, -0.25) is 4.79 Å². The zero-order valence-corrected chi connectivity index (χ0v) is 12.4. The van der Waals surface area contributed by atoms with Crippen molar-refractivity contribution in [3.05, 3.63) is 0 Å². The smallest absolute Gasteiger partial charge is 0.320 e. The SMILES string of the molecule is CN1CCCC(N(C)C(=O)N2CCC[C@@H](C(=O)O)C2)C1. The van der Waals surface area contributed by atoms with Crippen molar-refractivity contribution < 1.29 is 14.7 Å². The van der Waals surface area contributed by atoms with Gasteiger partial charge < -0.3 is 19.8 Å². The van der Waals surface area contributed by atoms with Crippen LogP contribution in [0.4, 0.5) is 4.79 Å². The molecule has 0 saturated carbocycles. The number of carbonyl (C=O) groups excluding carboxylic acids is 1. The third kappa shape index (κ3) is 3.42. The predicted octanol–water partition coefficient (Wildman–Crippen LogP) is 0.929. The molecule has 0 bridgehead atoms. The number of piperidine rings is 2. The minimum Gasteiger partial charge on any atom is -0.481 e. The van der Waals surface area contributed by atoms with Crippen molar-refractivity contribution in [2.24, 2.45) is 5.92 Å². The maximum absolute atomic E-state index is 12.5. The van der Waals surface area contributed by atoms with E-state index >= 15 is 0 Å². The number of likely N-dealkylation sites (N-methyl/N-ethyl adjacent to an activating group) is 2. The van der Waals surface area contributed by atoms with E-state index in [0.29, 0.717) is 19.5 Å². The van der Waals surface area contributed by atoms with E-state index < -0.39 is 11.9 Å². The molecule has 2 fully saturated rings. The highest BCUT2D eigenvalue weighted by Gasteiger charge is 2.32. The molecular weight excluding hydrogens is 258 g/mol. The Morgan fingerprint density at radius 3 is 2.50 bits per heavy atom. The summed E-state index contributed by atoms with van der Waals surface area (Å²) < 4.78 is 0. The molecule has 20 heavy (non-hydrogen) atoms. The minimum atomic E-state index is -0.789. The quantitative estimate of drug-likeness (QED) is 0.819. The first-order chi connectivity index (χ1) is 9.49. The number of urea groups is 1. The highest BCUT2D eigenvalue weighted by atomic mass is 16.4. The molecule has 0 spiro atoms. The number of nitrogens with zero attached hydrogens (tertiary/aromatic N) is 3. The third-order valence-electron chi connectivity index (χ3n) is 4.49. The molecule has 0 aromatic carbocycles. The molecule has 2 heterocycles. The molecule has 6 heteroatoms. The third-order valence-corrected chi connectivity index (χ3v) is 4.49. The van der Waals surface area contributed by atoms with Crippen LogP contribution in [0.1, 0.15) is 25.7 Å². The van der Waals surface area contributed by atoms with E-state index in [1.54, 1.807) is 9.80 Å². The normalized spacial score (nSPS) is 28.2. The van der Waals surface area contributed by atoms with Gasteiger partial charge in [0.2, 0.25) is 0 Å². The van der Waals surface area contributed by atoms with Gasteiger partial charge in [-0.25, -0.2) is 4.79 Å². The molecule has 6 nitrogen and oxygen atoms in total. The molecule has 2 atom stereocenters. The number of likely N-dealkylation sites (tertiary alicyclic amines) is 2. The van der Waals surface area contributed by atoms with E-state index in [0.717, 1.165) is 32.4 Å². The summed E-state index contributed by atoms with van der Waals surface area (Å²) in [6.07, 6.45) is 3.59. The lowest BCUT2D eigenvalue weighted by Gasteiger charge is -2.40. The second kappa shape index (κ2) is 6.43. The summed E-state index contributed by atoms with van der Waals surface area (Å²) >= 11 is 0. The molecule has 2 aliphatic rings. The summed E-state index contributed by atoms with van der Waals surface area (Å²) in [6.45, 7) is 3.01. The van der Waals surface area contributed by atoms with Crippen molar-refractivity contribution in [3.8, 4) is 0 Å². The number of carbonyl (C=O) groups is 2. The Hall–Kier alpha value is -1.30. The first-order valence-electron chi connectivity index (χ1n) is 7.42. The van der Waals surface area contributed by atoms with E-state index in [4.69, 9.17) is 5.11 Å². The Kier molecular flexibility index (Phi) is 4.86. The van der Waals surface area contributed by atoms with Crippen molar-refractivity contribution in [3.63, 3.8) is 0 Å². The van der Waals surface area contributed by atoms with Crippen LogP contribution in [0.3, 0.4) is 0 Å². The van der Waals surface area contributed by atoms with Gasteiger partial charge in [0.15, 0.2) is 0 Å². The first kappa shape index (κ1) is 15.1. The Morgan fingerprint density at radius 1 is 1.15 bits per heavy atom. The van der Waals surface area contributed by atoms with Crippen LogP contribution in [0.2, 0.25) is 0 Å². The maximum Gasteiger partial charge on any atom is 0.320 e. The second-order valence-corrected chi connectivity index (χ2v) is 6.08. The topological polar surface area (TPSA) is 64.1 Å².